The average molecular weight is 395 g/mol. The minimum Gasteiger partial charge on any atom is -0.478 e. The van der Waals surface area contributed by atoms with Crippen LogP contribution in [0.1, 0.15) is 28.2 Å². The van der Waals surface area contributed by atoms with E-state index >= 15 is 0 Å². The van der Waals surface area contributed by atoms with E-state index < -0.39 is 11.9 Å². The van der Waals surface area contributed by atoms with Gasteiger partial charge in [-0.25, -0.2) is 14.6 Å². The SMILES string of the molecule is Cn1cc(C(=O)[C@@H]2CCc3nc[nH]c3C2)c2ccccc21.O=C(O)C=CC(=O)O. The van der Waals surface area contributed by atoms with Crippen molar-refractivity contribution in [1.29, 1.82) is 0 Å². The summed E-state index contributed by atoms with van der Waals surface area (Å²) in [4.78, 5) is 39.5. The molecule has 1 aliphatic carbocycles. The molecule has 0 fully saturated rings. The van der Waals surface area contributed by atoms with Crippen molar-refractivity contribution in [3.8, 4) is 0 Å². The Kier molecular flexibility index (Phi) is 5.92. The summed E-state index contributed by atoms with van der Waals surface area (Å²) in [6.07, 6.45) is 7.37. The lowest BCUT2D eigenvalue weighted by Gasteiger charge is -2.19. The fourth-order valence-corrected chi connectivity index (χ4v) is 3.53. The Hall–Kier alpha value is -3.68. The summed E-state index contributed by atoms with van der Waals surface area (Å²) in [6.45, 7) is 0. The van der Waals surface area contributed by atoms with Crippen molar-refractivity contribution in [2.45, 2.75) is 19.3 Å². The van der Waals surface area contributed by atoms with Gasteiger partial charge in [-0.3, -0.25) is 4.79 Å². The zero-order chi connectivity index (χ0) is 21.0. The van der Waals surface area contributed by atoms with Gasteiger partial charge < -0.3 is 19.8 Å². The van der Waals surface area contributed by atoms with Gasteiger partial charge in [-0.2, -0.15) is 0 Å². The molecule has 0 unspecified atom stereocenters. The van der Waals surface area contributed by atoms with Gasteiger partial charge in [0, 0.05) is 53.5 Å². The van der Waals surface area contributed by atoms with Crippen LogP contribution in [0.3, 0.4) is 0 Å². The number of para-hydroxylation sites is 1. The Labute approximate surface area is 166 Å². The molecule has 0 spiro atoms. The number of carboxylic acids is 2. The summed E-state index contributed by atoms with van der Waals surface area (Å²) in [5.74, 6) is -2.20. The van der Waals surface area contributed by atoms with E-state index in [2.05, 4.69) is 16.0 Å². The summed E-state index contributed by atoms with van der Waals surface area (Å²) in [7, 11) is 1.99. The first kappa shape index (κ1) is 20.1. The van der Waals surface area contributed by atoms with E-state index in [1.165, 1.54) is 0 Å². The van der Waals surface area contributed by atoms with Gasteiger partial charge in [-0.05, 0) is 25.3 Å². The molecule has 3 aromatic rings. The van der Waals surface area contributed by atoms with E-state index in [4.69, 9.17) is 10.2 Å². The molecule has 150 valence electrons. The first-order valence-corrected chi connectivity index (χ1v) is 9.10. The van der Waals surface area contributed by atoms with Crippen molar-refractivity contribution in [1.82, 2.24) is 14.5 Å². The van der Waals surface area contributed by atoms with Gasteiger partial charge in [0.15, 0.2) is 5.78 Å². The van der Waals surface area contributed by atoms with Crippen molar-refractivity contribution in [2.24, 2.45) is 13.0 Å². The third kappa shape index (κ3) is 4.60. The molecule has 8 nitrogen and oxygen atoms in total. The Morgan fingerprint density at radius 1 is 1.17 bits per heavy atom. The maximum absolute atomic E-state index is 12.9. The lowest BCUT2D eigenvalue weighted by molar-refractivity contribution is -0.134. The molecular formula is C21H21N3O5. The van der Waals surface area contributed by atoms with Crippen LogP contribution in [-0.2, 0) is 29.5 Å². The van der Waals surface area contributed by atoms with Crippen LogP contribution < -0.4 is 0 Å². The second-order valence-electron chi connectivity index (χ2n) is 6.81. The Balaban J connectivity index is 0.000000258. The fourth-order valence-electron chi connectivity index (χ4n) is 3.53. The highest BCUT2D eigenvalue weighted by molar-refractivity contribution is 6.09. The van der Waals surface area contributed by atoms with Crippen LogP contribution in [0.4, 0.5) is 0 Å². The summed E-state index contributed by atoms with van der Waals surface area (Å²) in [5.41, 5.74) is 4.21. The third-order valence-corrected chi connectivity index (χ3v) is 4.89. The number of hydrogen-bond donors (Lipinski definition) is 3. The van der Waals surface area contributed by atoms with Gasteiger partial charge in [-0.15, -0.1) is 0 Å². The zero-order valence-corrected chi connectivity index (χ0v) is 15.8. The highest BCUT2D eigenvalue weighted by atomic mass is 16.4. The number of H-pyrrole nitrogens is 1. The molecular weight excluding hydrogens is 374 g/mol. The van der Waals surface area contributed by atoms with Crippen LogP contribution in [-0.4, -0.2) is 42.5 Å². The molecule has 1 atom stereocenters. The number of nitrogens with zero attached hydrogens (tertiary/aromatic N) is 2. The molecule has 29 heavy (non-hydrogen) atoms. The van der Waals surface area contributed by atoms with E-state index in [1.807, 2.05) is 36.0 Å². The summed E-state index contributed by atoms with van der Waals surface area (Å²) in [5, 5.41) is 16.7. The quantitative estimate of drug-likeness (QED) is 0.461. The molecule has 3 N–H and O–H groups in total. The smallest absolute Gasteiger partial charge is 0.328 e. The molecule has 1 aromatic carbocycles. The number of imidazole rings is 1. The number of rotatable bonds is 4. The molecule has 2 heterocycles. The van der Waals surface area contributed by atoms with Crippen LogP contribution >= 0.6 is 0 Å². The summed E-state index contributed by atoms with van der Waals surface area (Å²) >= 11 is 0. The lowest BCUT2D eigenvalue weighted by atomic mass is 9.84. The number of fused-ring (bicyclic) bond motifs is 2. The number of Topliss-reactive ketones (excluding diaryl/α,β-unsaturated/α-hetero) is 1. The largest absolute Gasteiger partial charge is 0.478 e. The van der Waals surface area contributed by atoms with Crippen LogP contribution in [0.25, 0.3) is 10.9 Å². The number of aryl methyl sites for hydroxylation is 2. The number of aromatic nitrogens is 3. The van der Waals surface area contributed by atoms with Crippen molar-refractivity contribution in [2.75, 3.05) is 0 Å². The highest BCUT2D eigenvalue weighted by Gasteiger charge is 2.28. The molecule has 0 amide bonds. The van der Waals surface area contributed by atoms with Gasteiger partial charge in [0.1, 0.15) is 0 Å². The summed E-state index contributed by atoms with van der Waals surface area (Å²) < 4.78 is 2.03. The number of nitrogens with one attached hydrogen (secondary N) is 1. The molecule has 4 rings (SSSR count). The van der Waals surface area contributed by atoms with Crippen molar-refractivity contribution < 1.29 is 24.6 Å². The molecule has 0 saturated carbocycles. The topological polar surface area (TPSA) is 125 Å². The zero-order valence-electron chi connectivity index (χ0n) is 15.8. The minimum atomic E-state index is -1.26. The third-order valence-electron chi connectivity index (χ3n) is 4.89. The fraction of sp³-hybridized carbons (Fsp3) is 0.238. The first-order valence-electron chi connectivity index (χ1n) is 9.10. The lowest BCUT2D eigenvalue weighted by Crippen LogP contribution is -2.22. The number of aliphatic carboxylic acids is 2. The van der Waals surface area contributed by atoms with Gasteiger partial charge in [0.25, 0.3) is 0 Å². The van der Waals surface area contributed by atoms with Gasteiger partial charge in [0.2, 0.25) is 0 Å². The van der Waals surface area contributed by atoms with E-state index in [9.17, 15) is 14.4 Å². The van der Waals surface area contributed by atoms with E-state index in [0.717, 1.165) is 47.1 Å². The van der Waals surface area contributed by atoms with Crippen molar-refractivity contribution in [3.63, 3.8) is 0 Å². The average Bonchev–Trinajstić information content (AvgIpc) is 3.30. The summed E-state index contributed by atoms with van der Waals surface area (Å²) in [6, 6.07) is 8.09. The molecule has 1 aliphatic rings. The number of hydrogen-bond acceptors (Lipinski definition) is 4. The highest BCUT2D eigenvalue weighted by Crippen LogP contribution is 2.29. The molecule has 0 saturated heterocycles. The number of aromatic amines is 1. The second-order valence-corrected chi connectivity index (χ2v) is 6.81. The van der Waals surface area contributed by atoms with E-state index in [1.54, 1.807) is 6.33 Å². The van der Waals surface area contributed by atoms with Crippen molar-refractivity contribution >= 4 is 28.6 Å². The van der Waals surface area contributed by atoms with E-state index in [-0.39, 0.29) is 11.7 Å². The molecule has 2 aromatic heterocycles. The maximum Gasteiger partial charge on any atom is 0.328 e. The van der Waals surface area contributed by atoms with Crippen molar-refractivity contribution in [3.05, 3.63) is 65.9 Å². The van der Waals surface area contributed by atoms with Crippen LogP contribution in [0.2, 0.25) is 0 Å². The van der Waals surface area contributed by atoms with E-state index in [0.29, 0.717) is 12.2 Å². The molecule has 0 radical (unpaired) electrons. The predicted molar refractivity (Wildman–Crippen MR) is 106 cm³/mol. The molecule has 8 heteroatoms. The van der Waals surface area contributed by atoms with Crippen LogP contribution in [0.5, 0.6) is 0 Å². The van der Waals surface area contributed by atoms with Gasteiger partial charge in [0.05, 0.1) is 12.0 Å². The minimum absolute atomic E-state index is 0.0590. The number of carbonyl (C=O) groups excluding carboxylic acids is 1. The Bertz CT molecular complexity index is 1080. The predicted octanol–water partition coefficient (Wildman–Crippen LogP) is 2.60. The number of benzene rings is 1. The normalized spacial score (nSPS) is 15.6. The molecule has 0 bridgehead atoms. The Morgan fingerprint density at radius 2 is 1.86 bits per heavy atom. The monoisotopic (exact) mass is 395 g/mol. The standard InChI is InChI=1S/C17H17N3O.C4H4O4/c1-20-9-13(12-4-2-3-5-16(12)20)17(21)11-6-7-14-15(8-11)19-10-18-14;5-3(6)1-2-4(7)8/h2-5,9-11H,6-8H2,1H3,(H,18,19);1-2H,(H,5,6)(H,7,8)/t11-;/m1./s1. The Morgan fingerprint density at radius 3 is 2.55 bits per heavy atom. The van der Waals surface area contributed by atoms with Gasteiger partial charge in [-0.1, -0.05) is 18.2 Å². The number of carbonyl (C=O) groups is 3. The maximum atomic E-state index is 12.9. The number of ketones is 1. The van der Waals surface area contributed by atoms with Gasteiger partial charge >= 0.3 is 11.9 Å². The van der Waals surface area contributed by atoms with Crippen LogP contribution in [0.15, 0.2) is 48.9 Å². The number of carboxylic acid groups (broad SMARTS) is 2. The molecule has 0 aliphatic heterocycles. The van der Waals surface area contributed by atoms with Crippen LogP contribution in [0, 0.1) is 5.92 Å². The second kappa shape index (κ2) is 8.55. The first-order chi connectivity index (χ1) is 13.9.